The third-order valence-electron chi connectivity index (χ3n) is 3.83. The Morgan fingerprint density at radius 1 is 1.07 bits per heavy atom. The van der Waals surface area contributed by atoms with Crippen LogP contribution in [0.2, 0.25) is 10.0 Å². The van der Waals surface area contributed by atoms with Crippen molar-refractivity contribution in [2.45, 2.75) is 0 Å². The highest BCUT2D eigenvalue weighted by Crippen LogP contribution is 2.35. The molecule has 1 saturated heterocycles. The molecule has 0 bridgehead atoms. The maximum Gasteiger partial charge on any atom is 0.264 e. The van der Waals surface area contributed by atoms with E-state index < -0.39 is 0 Å². The first kappa shape index (κ1) is 19.3. The largest absolute Gasteiger partial charge is 0.457 e. The number of halogens is 3. The van der Waals surface area contributed by atoms with Gasteiger partial charge in [-0.2, -0.15) is 0 Å². The van der Waals surface area contributed by atoms with Gasteiger partial charge in [0.15, 0.2) is 5.17 Å². The van der Waals surface area contributed by atoms with Gasteiger partial charge in [0.05, 0.1) is 20.6 Å². The van der Waals surface area contributed by atoms with Gasteiger partial charge in [-0.25, -0.2) is 4.99 Å². The minimum absolute atomic E-state index is 0.223. The summed E-state index contributed by atoms with van der Waals surface area (Å²) in [4.78, 5) is 17.2. The van der Waals surface area contributed by atoms with Crippen LogP contribution in [-0.2, 0) is 4.79 Å². The molecule has 0 radical (unpaired) electrons. The maximum atomic E-state index is 12.2. The number of amides is 1. The summed E-state index contributed by atoms with van der Waals surface area (Å²) in [6, 6.07) is 16.4. The van der Waals surface area contributed by atoms with Crippen LogP contribution in [0.15, 0.2) is 73.4 Å². The van der Waals surface area contributed by atoms with Crippen LogP contribution in [0, 0.1) is 0 Å². The Morgan fingerprint density at radius 2 is 1.86 bits per heavy atom. The van der Waals surface area contributed by atoms with Gasteiger partial charge in [0, 0.05) is 16.1 Å². The zero-order valence-corrected chi connectivity index (χ0v) is 18.0. The van der Waals surface area contributed by atoms with Gasteiger partial charge in [-0.1, -0.05) is 45.2 Å². The van der Waals surface area contributed by atoms with Gasteiger partial charge in [-0.05, 0) is 60.3 Å². The summed E-state index contributed by atoms with van der Waals surface area (Å²) >= 11 is 16.9. The van der Waals surface area contributed by atoms with E-state index in [0.29, 0.717) is 37.2 Å². The Kier molecular flexibility index (Phi) is 5.64. The molecule has 1 N–H and O–H groups in total. The second kappa shape index (κ2) is 8.17. The minimum Gasteiger partial charge on any atom is -0.457 e. The molecule has 3 aromatic rings. The quantitative estimate of drug-likeness (QED) is 0.403. The summed E-state index contributed by atoms with van der Waals surface area (Å²) in [5.74, 6) is 0.889. The van der Waals surface area contributed by atoms with E-state index in [9.17, 15) is 4.79 Å². The molecule has 0 atom stereocenters. The number of thioether (sulfide) groups is 1. The van der Waals surface area contributed by atoms with Crippen molar-refractivity contribution in [1.82, 2.24) is 5.32 Å². The molecule has 140 valence electrons. The number of rotatable bonds is 3. The molecule has 28 heavy (non-hydrogen) atoms. The molecule has 0 spiro atoms. The van der Waals surface area contributed by atoms with Crippen LogP contribution < -0.4 is 5.32 Å². The van der Waals surface area contributed by atoms with E-state index in [0.717, 1.165) is 10.2 Å². The fourth-order valence-corrected chi connectivity index (χ4v) is 3.99. The van der Waals surface area contributed by atoms with Crippen molar-refractivity contribution in [3.05, 3.63) is 79.8 Å². The van der Waals surface area contributed by atoms with Crippen molar-refractivity contribution in [3.8, 4) is 11.3 Å². The molecule has 8 heteroatoms. The Hall–Kier alpha value is -1.99. The van der Waals surface area contributed by atoms with Crippen LogP contribution in [0.25, 0.3) is 17.4 Å². The molecular weight excluding hydrogens is 483 g/mol. The number of hydrogen-bond donors (Lipinski definition) is 1. The lowest BCUT2D eigenvalue weighted by molar-refractivity contribution is -0.115. The number of nitrogens with one attached hydrogen (secondary N) is 1. The van der Waals surface area contributed by atoms with E-state index in [1.165, 1.54) is 11.8 Å². The van der Waals surface area contributed by atoms with Crippen molar-refractivity contribution in [2.24, 2.45) is 4.99 Å². The first-order valence-corrected chi connectivity index (χ1v) is 10.5. The first-order valence-electron chi connectivity index (χ1n) is 8.09. The number of amidine groups is 1. The number of carbonyl (C=O) groups excluding carboxylic acids is 1. The molecule has 1 amide bonds. The zero-order chi connectivity index (χ0) is 19.7. The van der Waals surface area contributed by atoms with Gasteiger partial charge in [-0.15, -0.1) is 0 Å². The summed E-state index contributed by atoms with van der Waals surface area (Å²) in [5.41, 5.74) is 1.45. The van der Waals surface area contributed by atoms with Crippen molar-refractivity contribution < 1.29 is 9.21 Å². The Bertz CT molecular complexity index is 1120. The standard InChI is InChI=1S/C20H11BrCl2N2O2S/c21-11-4-6-12(7-5-11)24-20-25-19(26)17(28-20)10-13-8-9-16(27-13)14-2-1-3-15(22)18(14)23/h1-10H,(H,24,25,26)/b17-10+. The van der Waals surface area contributed by atoms with E-state index in [4.69, 9.17) is 27.6 Å². The van der Waals surface area contributed by atoms with Gasteiger partial charge in [0.2, 0.25) is 0 Å². The maximum absolute atomic E-state index is 12.2. The molecule has 1 fully saturated rings. The molecule has 2 heterocycles. The van der Waals surface area contributed by atoms with Crippen LogP contribution in [0.1, 0.15) is 5.76 Å². The monoisotopic (exact) mass is 492 g/mol. The molecule has 1 aliphatic rings. The van der Waals surface area contributed by atoms with Crippen molar-refractivity contribution in [1.29, 1.82) is 0 Å². The average molecular weight is 494 g/mol. The molecule has 0 unspecified atom stereocenters. The third-order valence-corrected chi connectivity index (χ3v) is 6.08. The summed E-state index contributed by atoms with van der Waals surface area (Å²) in [7, 11) is 0. The van der Waals surface area contributed by atoms with Gasteiger partial charge in [0.1, 0.15) is 11.5 Å². The van der Waals surface area contributed by atoms with E-state index in [1.807, 2.05) is 30.3 Å². The molecule has 0 aliphatic carbocycles. The molecule has 2 aromatic carbocycles. The van der Waals surface area contributed by atoms with Crippen LogP contribution in [0.5, 0.6) is 0 Å². The molecule has 4 rings (SSSR count). The lowest BCUT2D eigenvalue weighted by atomic mass is 10.2. The Morgan fingerprint density at radius 3 is 2.64 bits per heavy atom. The van der Waals surface area contributed by atoms with Gasteiger partial charge < -0.3 is 9.73 Å². The molecule has 4 nitrogen and oxygen atoms in total. The minimum atomic E-state index is -0.223. The van der Waals surface area contributed by atoms with E-state index in [-0.39, 0.29) is 5.91 Å². The Labute approximate surface area is 183 Å². The first-order chi connectivity index (χ1) is 13.5. The number of benzene rings is 2. The van der Waals surface area contributed by atoms with Crippen molar-refractivity contribution in [3.63, 3.8) is 0 Å². The predicted molar refractivity (Wildman–Crippen MR) is 119 cm³/mol. The normalized spacial score (nSPS) is 16.8. The van der Waals surface area contributed by atoms with Crippen LogP contribution >= 0.6 is 50.9 Å². The highest BCUT2D eigenvalue weighted by Gasteiger charge is 2.24. The van der Waals surface area contributed by atoms with Crippen LogP contribution in [-0.4, -0.2) is 11.1 Å². The number of hydrogen-bond acceptors (Lipinski definition) is 4. The summed E-state index contributed by atoms with van der Waals surface area (Å²) in [6.07, 6.45) is 1.67. The van der Waals surface area contributed by atoms with E-state index in [1.54, 1.807) is 30.3 Å². The fraction of sp³-hybridized carbons (Fsp3) is 0. The van der Waals surface area contributed by atoms with Gasteiger partial charge in [0.25, 0.3) is 5.91 Å². The summed E-state index contributed by atoms with van der Waals surface area (Å²) in [5, 5.41) is 4.15. The summed E-state index contributed by atoms with van der Waals surface area (Å²) in [6.45, 7) is 0. The van der Waals surface area contributed by atoms with E-state index in [2.05, 4.69) is 26.2 Å². The lowest BCUT2D eigenvalue weighted by Gasteiger charge is -2.01. The molecule has 0 saturated carbocycles. The number of carbonyl (C=O) groups is 1. The van der Waals surface area contributed by atoms with Crippen LogP contribution in [0.3, 0.4) is 0 Å². The second-order valence-electron chi connectivity index (χ2n) is 5.76. The molecular formula is C20H11BrCl2N2O2S. The molecule has 1 aliphatic heterocycles. The predicted octanol–water partition coefficient (Wildman–Crippen LogP) is 6.91. The van der Waals surface area contributed by atoms with Gasteiger partial charge >= 0.3 is 0 Å². The number of nitrogens with zero attached hydrogens (tertiary/aromatic N) is 1. The topological polar surface area (TPSA) is 54.6 Å². The van der Waals surface area contributed by atoms with Gasteiger partial charge in [-0.3, -0.25) is 4.79 Å². The zero-order valence-electron chi connectivity index (χ0n) is 14.1. The smallest absolute Gasteiger partial charge is 0.264 e. The number of furan rings is 1. The fourth-order valence-electron chi connectivity index (χ4n) is 2.51. The lowest BCUT2D eigenvalue weighted by Crippen LogP contribution is -2.19. The van der Waals surface area contributed by atoms with Crippen molar-refractivity contribution in [2.75, 3.05) is 0 Å². The van der Waals surface area contributed by atoms with E-state index >= 15 is 0 Å². The molecule has 1 aromatic heterocycles. The summed E-state index contributed by atoms with van der Waals surface area (Å²) < 4.78 is 6.79. The van der Waals surface area contributed by atoms with Crippen molar-refractivity contribution >= 4 is 73.7 Å². The highest BCUT2D eigenvalue weighted by molar-refractivity contribution is 9.10. The average Bonchev–Trinajstić information content (AvgIpc) is 3.26. The highest BCUT2D eigenvalue weighted by atomic mass is 79.9. The number of aliphatic imine (C=N–C) groups is 1. The second-order valence-corrected chi connectivity index (χ2v) is 8.49. The van der Waals surface area contributed by atoms with Crippen LogP contribution in [0.4, 0.5) is 5.69 Å². The third kappa shape index (κ3) is 4.20. The Balaban J connectivity index is 1.56. The SMILES string of the molecule is O=C1NC(=Nc2ccc(Br)cc2)S/C1=C/c1ccc(-c2cccc(Cl)c2Cl)o1.